The van der Waals surface area contributed by atoms with E-state index in [1.807, 2.05) is 6.07 Å². The van der Waals surface area contributed by atoms with Crippen LogP contribution in [0.2, 0.25) is 0 Å². The molecular formula is C17H28N2O2. The summed E-state index contributed by atoms with van der Waals surface area (Å²) in [7, 11) is 3.35. The van der Waals surface area contributed by atoms with E-state index in [4.69, 9.17) is 9.47 Å². The quantitative estimate of drug-likeness (QED) is 0.799. The molecule has 118 valence electrons. The van der Waals surface area contributed by atoms with E-state index in [-0.39, 0.29) is 0 Å². The van der Waals surface area contributed by atoms with Crippen LogP contribution in [0.5, 0.6) is 11.5 Å². The first-order valence-corrected chi connectivity index (χ1v) is 7.96. The second-order valence-electron chi connectivity index (χ2n) is 5.58. The first kappa shape index (κ1) is 16.1. The van der Waals surface area contributed by atoms with Crippen molar-refractivity contribution in [2.75, 3.05) is 40.4 Å². The van der Waals surface area contributed by atoms with Gasteiger partial charge < -0.3 is 19.7 Å². The first-order chi connectivity index (χ1) is 10.3. The molecule has 2 rings (SSSR count). The Hall–Kier alpha value is -1.26. The number of nitrogens with one attached hydrogen (secondary N) is 1. The minimum absolute atomic E-state index is 0.368. The molecule has 1 heterocycles. The van der Waals surface area contributed by atoms with Crippen molar-refractivity contribution in [3.05, 3.63) is 23.8 Å². The monoisotopic (exact) mass is 292 g/mol. The maximum absolute atomic E-state index is 5.40. The molecule has 1 fully saturated rings. The Morgan fingerprint density at radius 3 is 2.48 bits per heavy atom. The number of hydrogen-bond donors (Lipinski definition) is 1. The number of rotatable bonds is 8. The molecule has 0 saturated carbocycles. The fraction of sp³-hybridized carbons (Fsp3) is 0.647. The van der Waals surface area contributed by atoms with E-state index in [0.717, 1.165) is 31.0 Å². The van der Waals surface area contributed by atoms with Crippen molar-refractivity contribution in [2.45, 2.75) is 32.2 Å². The standard InChI is InChI=1S/C17H28N2O2/c1-4-15(18-9-12-19-10-5-6-11-19)14-7-8-16(20-2)17(13-14)21-3/h7-8,13,15,18H,4-6,9-12H2,1-3H3. The molecule has 0 bridgehead atoms. The molecule has 21 heavy (non-hydrogen) atoms. The minimum Gasteiger partial charge on any atom is -0.493 e. The van der Waals surface area contributed by atoms with Crippen molar-refractivity contribution in [3.8, 4) is 11.5 Å². The minimum atomic E-state index is 0.368. The summed E-state index contributed by atoms with van der Waals surface area (Å²) in [6.45, 7) is 6.91. The molecule has 1 unspecified atom stereocenters. The van der Waals surface area contributed by atoms with E-state index in [2.05, 4.69) is 29.3 Å². The van der Waals surface area contributed by atoms with E-state index in [0.29, 0.717) is 6.04 Å². The van der Waals surface area contributed by atoms with E-state index in [1.165, 1.54) is 31.5 Å². The Bertz CT molecular complexity index is 431. The van der Waals surface area contributed by atoms with Crippen molar-refractivity contribution in [1.29, 1.82) is 0 Å². The first-order valence-electron chi connectivity index (χ1n) is 7.96. The third kappa shape index (κ3) is 4.35. The van der Waals surface area contributed by atoms with Crippen molar-refractivity contribution in [1.82, 2.24) is 10.2 Å². The lowest BCUT2D eigenvalue weighted by molar-refractivity contribution is 0.325. The molecule has 0 aromatic heterocycles. The molecule has 4 nitrogen and oxygen atoms in total. The lowest BCUT2D eigenvalue weighted by Gasteiger charge is -2.21. The van der Waals surface area contributed by atoms with Crippen LogP contribution >= 0.6 is 0 Å². The third-order valence-electron chi connectivity index (χ3n) is 4.24. The zero-order chi connectivity index (χ0) is 15.1. The van der Waals surface area contributed by atoms with Gasteiger partial charge in [-0.15, -0.1) is 0 Å². The predicted molar refractivity (Wildman–Crippen MR) is 86.3 cm³/mol. The molecule has 1 aliphatic heterocycles. The van der Waals surface area contributed by atoms with Crippen LogP contribution in [0, 0.1) is 0 Å². The van der Waals surface area contributed by atoms with Crippen LogP contribution in [0.4, 0.5) is 0 Å². The van der Waals surface area contributed by atoms with Crippen molar-refractivity contribution in [2.24, 2.45) is 0 Å². The van der Waals surface area contributed by atoms with Crippen molar-refractivity contribution in [3.63, 3.8) is 0 Å². The molecule has 4 heteroatoms. The second kappa shape index (κ2) is 8.25. The molecule has 0 radical (unpaired) electrons. The Labute approximate surface area is 128 Å². The van der Waals surface area contributed by atoms with Gasteiger partial charge in [0.15, 0.2) is 11.5 Å². The molecule has 0 spiro atoms. The number of likely N-dealkylation sites (tertiary alicyclic amines) is 1. The molecular weight excluding hydrogens is 264 g/mol. The number of benzene rings is 1. The summed E-state index contributed by atoms with van der Waals surface area (Å²) in [5.41, 5.74) is 1.26. The van der Waals surface area contributed by atoms with Gasteiger partial charge in [0.1, 0.15) is 0 Å². The molecule has 1 atom stereocenters. The highest BCUT2D eigenvalue weighted by Gasteiger charge is 2.14. The van der Waals surface area contributed by atoms with Crippen LogP contribution in [0.3, 0.4) is 0 Å². The van der Waals surface area contributed by atoms with Gasteiger partial charge in [0.05, 0.1) is 14.2 Å². The summed E-state index contributed by atoms with van der Waals surface area (Å²) in [6, 6.07) is 6.56. The average molecular weight is 292 g/mol. The van der Waals surface area contributed by atoms with E-state index >= 15 is 0 Å². The second-order valence-corrected chi connectivity index (χ2v) is 5.58. The molecule has 1 aliphatic rings. The van der Waals surface area contributed by atoms with Crippen LogP contribution in [0.15, 0.2) is 18.2 Å². The number of methoxy groups -OCH3 is 2. The Morgan fingerprint density at radius 2 is 1.86 bits per heavy atom. The number of hydrogen-bond acceptors (Lipinski definition) is 4. The summed E-state index contributed by atoms with van der Waals surface area (Å²) >= 11 is 0. The summed E-state index contributed by atoms with van der Waals surface area (Å²) in [5, 5.41) is 3.66. The van der Waals surface area contributed by atoms with Gasteiger partial charge in [0.2, 0.25) is 0 Å². The van der Waals surface area contributed by atoms with Crippen molar-refractivity contribution < 1.29 is 9.47 Å². The highest BCUT2D eigenvalue weighted by Crippen LogP contribution is 2.30. The van der Waals surface area contributed by atoms with Crippen LogP contribution in [-0.4, -0.2) is 45.3 Å². The lowest BCUT2D eigenvalue weighted by Crippen LogP contribution is -2.32. The smallest absolute Gasteiger partial charge is 0.161 e. The zero-order valence-electron chi connectivity index (χ0n) is 13.5. The molecule has 1 N–H and O–H groups in total. The summed E-state index contributed by atoms with van der Waals surface area (Å²) in [5.74, 6) is 1.59. The summed E-state index contributed by atoms with van der Waals surface area (Å²) < 4.78 is 10.7. The average Bonchev–Trinajstić information content (AvgIpc) is 3.04. The van der Waals surface area contributed by atoms with Crippen LogP contribution in [-0.2, 0) is 0 Å². The maximum atomic E-state index is 5.40. The van der Waals surface area contributed by atoms with Gasteiger partial charge in [-0.05, 0) is 50.0 Å². The van der Waals surface area contributed by atoms with Gasteiger partial charge in [-0.1, -0.05) is 13.0 Å². The maximum Gasteiger partial charge on any atom is 0.161 e. The highest BCUT2D eigenvalue weighted by atomic mass is 16.5. The van der Waals surface area contributed by atoms with E-state index in [9.17, 15) is 0 Å². The zero-order valence-corrected chi connectivity index (χ0v) is 13.5. The van der Waals surface area contributed by atoms with Gasteiger partial charge in [-0.25, -0.2) is 0 Å². The van der Waals surface area contributed by atoms with Gasteiger partial charge in [0, 0.05) is 19.1 Å². The molecule has 1 saturated heterocycles. The molecule has 1 aromatic carbocycles. The Balaban J connectivity index is 1.92. The van der Waals surface area contributed by atoms with Gasteiger partial charge >= 0.3 is 0 Å². The molecule has 0 amide bonds. The fourth-order valence-electron chi connectivity index (χ4n) is 2.97. The highest BCUT2D eigenvalue weighted by molar-refractivity contribution is 5.43. The van der Waals surface area contributed by atoms with Gasteiger partial charge in [-0.2, -0.15) is 0 Å². The number of nitrogens with zero attached hydrogens (tertiary/aromatic N) is 1. The van der Waals surface area contributed by atoms with E-state index in [1.54, 1.807) is 14.2 Å². The van der Waals surface area contributed by atoms with Crippen LogP contribution < -0.4 is 14.8 Å². The van der Waals surface area contributed by atoms with E-state index < -0.39 is 0 Å². The van der Waals surface area contributed by atoms with Crippen molar-refractivity contribution >= 4 is 0 Å². The summed E-state index contributed by atoms with van der Waals surface area (Å²) in [4.78, 5) is 2.54. The topological polar surface area (TPSA) is 33.7 Å². The third-order valence-corrected chi connectivity index (χ3v) is 4.24. The van der Waals surface area contributed by atoms with Crippen LogP contribution in [0.25, 0.3) is 0 Å². The normalized spacial score (nSPS) is 16.9. The predicted octanol–water partition coefficient (Wildman–Crippen LogP) is 2.84. The van der Waals surface area contributed by atoms with Gasteiger partial charge in [0.25, 0.3) is 0 Å². The van der Waals surface area contributed by atoms with Crippen LogP contribution in [0.1, 0.15) is 37.8 Å². The molecule has 0 aliphatic carbocycles. The SMILES string of the molecule is CCC(NCCN1CCCC1)c1ccc(OC)c(OC)c1. The number of ether oxygens (including phenoxy) is 2. The Kier molecular flexibility index (Phi) is 6.33. The van der Waals surface area contributed by atoms with Gasteiger partial charge in [-0.3, -0.25) is 0 Å². The summed E-state index contributed by atoms with van der Waals surface area (Å²) in [6.07, 6.45) is 3.77. The lowest BCUT2D eigenvalue weighted by atomic mass is 10.0. The fourth-order valence-corrected chi connectivity index (χ4v) is 2.97. The Morgan fingerprint density at radius 1 is 1.14 bits per heavy atom. The largest absolute Gasteiger partial charge is 0.493 e. The molecule has 1 aromatic rings.